The van der Waals surface area contributed by atoms with Gasteiger partial charge in [0, 0.05) is 22.7 Å². The molecule has 9 heteroatoms. The number of aliphatic hydroxyl groups is 1. The van der Waals surface area contributed by atoms with E-state index in [4.69, 9.17) is 22.1 Å². The zero-order chi connectivity index (χ0) is 23.0. The van der Waals surface area contributed by atoms with Gasteiger partial charge in [0.15, 0.2) is 0 Å². The first-order valence-corrected chi connectivity index (χ1v) is 10.8. The summed E-state index contributed by atoms with van der Waals surface area (Å²) >= 11 is 5.79. The van der Waals surface area contributed by atoms with Crippen LogP contribution in [0, 0.1) is 17.6 Å². The van der Waals surface area contributed by atoms with Gasteiger partial charge in [0.1, 0.15) is 17.2 Å². The van der Waals surface area contributed by atoms with Crippen LogP contribution in [0.25, 0.3) is 0 Å². The molecule has 2 aliphatic carbocycles. The van der Waals surface area contributed by atoms with E-state index in [1.165, 1.54) is 24.3 Å². The van der Waals surface area contributed by atoms with Crippen LogP contribution in [0.5, 0.6) is 0 Å². The summed E-state index contributed by atoms with van der Waals surface area (Å²) in [5.41, 5.74) is 5.21. The molecule has 0 unspecified atom stereocenters. The van der Waals surface area contributed by atoms with Crippen LogP contribution in [0.4, 0.5) is 19.3 Å². The number of anilines is 1. The van der Waals surface area contributed by atoms with Gasteiger partial charge in [-0.3, -0.25) is 4.79 Å². The summed E-state index contributed by atoms with van der Waals surface area (Å²) in [4.78, 5) is 24.8. The number of benzene rings is 2. The number of primary amides is 1. The molecule has 0 bridgehead atoms. The predicted molar refractivity (Wildman–Crippen MR) is 114 cm³/mol. The van der Waals surface area contributed by atoms with Gasteiger partial charge >= 0.3 is 6.09 Å². The van der Waals surface area contributed by atoms with Gasteiger partial charge in [-0.2, -0.15) is 0 Å². The van der Waals surface area contributed by atoms with Gasteiger partial charge in [-0.1, -0.05) is 11.6 Å². The van der Waals surface area contributed by atoms with E-state index in [9.17, 15) is 19.1 Å². The first kappa shape index (κ1) is 22.5. The molecule has 1 atom stereocenters. The van der Waals surface area contributed by atoms with E-state index < -0.39 is 35.3 Å². The molecule has 0 aromatic heterocycles. The number of aliphatic hydroxyl groups excluding tert-OH is 1. The van der Waals surface area contributed by atoms with Crippen LogP contribution < -0.4 is 11.1 Å². The van der Waals surface area contributed by atoms with Crippen molar-refractivity contribution in [2.45, 2.75) is 50.2 Å². The molecule has 1 fully saturated rings. The number of hydrogen-bond acceptors (Lipinski definition) is 4. The minimum atomic E-state index is -1.29. The van der Waals surface area contributed by atoms with E-state index in [1.807, 2.05) is 0 Å². The molecule has 6 nitrogen and oxygen atoms in total. The first-order chi connectivity index (χ1) is 15.2. The van der Waals surface area contributed by atoms with Gasteiger partial charge < -0.3 is 20.9 Å². The van der Waals surface area contributed by atoms with Crippen LogP contribution >= 0.6 is 11.6 Å². The maximum atomic E-state index is 15.2. The van der Waals surface area contributed by atoms with Crippen molar-refractivity contribution in [2.75, 3.05) is 5.32 Å². The fourth-order valence-electron chi connectivity index (χ4n) is 5.07. The molecule has 0 heterocycles. The number of rotatable bonds is 4. The SMILES string of the molecule is NC(=O)O[C@]1(C2CCC(O)CC2)CCc2c(C(=O)Nc3ccc(F)c(Cl)c3)ccc(F)c21. The van der Waals surface area contributed by atoms with Crippen molar-refractivity contribution in [3.8, 4) is 0 Å². The molecule has 0 spiro atoms. The van der Waals surface area contributed by atoms with Crippen molar-refractivity contribution >= 4 is 29.3 Å². The highest BCUT2D eigenvalue weighted by Gasteiger charge is 2.51. The third-order valence-electron chi connectivity index (χ3n) is 6.49. The normalized spacial score (nSPS) is 24.6. The van der Waals surface area contributed by atoms with Crippen molar-refractivity contribution in [3.63, 3.8) is 0 Å². The molecule has 4 rings (SSSR count). The number of carbonyl (C=O) groups is 2. The number of carbonyl (C=O) groups excluding carboxylic acids is 2. The number of nitrogens with one attached hydrogen (secondary N) is 1. The Bertz CT molecular complexity index is 1070. The smallest absolute Gasteiger partial charge is 0.405 e. The average molecular weight is 465 g/mol. The Morgan fingerprint density at radius 3 is 2.47 bits per heavy atom. The summed E-state index contributed by atoms with van der Waals surface area (Å²) in [6, 6.07) is 6.34. The molecule has 1 saturated carbocycles. The molecule has 2 aliphatic rings. The molecule has 0 saturated heterocycles. The molecule has 32 heavy (non-hydrogen) atoms. The second-order valence-electron chi connectivity index (χ2n) is 8.35. The van der Waals surface area contributed by atoms with Crippen molar-refractivity contribution in [2.24, 2.45) is 11.7 Å². The molecular formula is C23H23ClF2N2O4. The van der Waals surface area contributed by atoms with Crippen molar-refractivity contribution in [1.29, 1.82) is 0 Å². The van der Waals surface area contributed by atoms with Gasteiger partial charge in [-0.25, -0.2) is 13.6 Å². The highest BCUT2D eigenvalue weighted by Crippen LogP contribution is 2.52. The van der Waals surface area contributed by atoms with Gasteiger partial charge in [-0.05, 0) is 74.4 Å². The summed E-state index contributed by atoms with van der Waals surface area (Å²) in [5.74, 6) is -1.94. The number of hydrogen-bond donors (Lipinski definition) is 3. The predicted octanol–water partition coefficient (Wildman–Crippen LogP) is 4.66. The molecular weight excluding hydrogens is 442 g/mol. The maximum Gasteiger partial charge on any atom is 0.405 e. The van der Waals surface area contributed by atoms with E-state index >= 15 is 4.39 Å². The summed E-state index contributed by atoms with van der Waals surface area (Å²) < 4.78 is 34.2. The molecule has 4 N–H and O–H groups in total. The topological polar surface area (TPSA) is 102 Å². The Morgan fingerprint density at radius 2 is 1.81 bits per heavy atom. The fourth-order valence-corrected chi connectivity index (χ4v) is 5.25. The monoisotopic (exact) mass is 464 g/mol. The number of halogens is 3. The van der Waals surface area contributed by atoms with Gasteiger partial charge in [0.25, 0.3) is 5.91 Å². The highest BCUT2D eigenvalue weighted by atomic mass is 35.5. The largest absolute Gasteiger partial charge is 0.438 e. The first-order valence-electron chi connectivity index (χ1n) is 10.5. The Hall–Kier alpha value is -2.71. The molecule has 0 aliphatic heterocycles. The lowest BCUT2D eigenvalue weighted by Crippen LogP contribution is -2.42. The van der Waals surface area contributed by atoms with E-state index in [-0.39, 0.29) is 28.5 Å². The van der Waals surface area contributed by atoms with Crippen LogP contribution in [0.2, 0.25) is 5.02 Å². The summed E-state index contributed by atoms with van der Waals surface area (Å²) in [6.07, 6.45) is 1.24. The lowest BCUT2D eigenvalue weighted by molar-refractivity contribution is -0.0603. The van der Waals surface area contributed by atoms with Crippen LogP contribution in [-0.2, 0) is 16.8 Å². The number of amides is 2. The molecule has 0 radical (unpaired) electrons. The lowest BCUT2D eigenvalue weighted by Gasteiger charge is -2.40. The summed E-state index contributed by atoms with van der Waals surface area (Å²) in [7, 11) is 0. The number of ether oxygens (including phenoxy) is 1. The van der Waals surface area contributed by atoms with Gasteiger partial charge in [0.05, 0.1) is 11.1 Å². The van der Waals surface area contributed by atoms with Gasteiger partial charge in [0.2, 0.25) is 0 Å². The zero-order valence-corrected chi connectivity index (χ0v) is 17.9. The highest BCUT2D eigenvalue weighted by molar-refractivity contribution is 6.31. The van der Waals surface area contributed by atoms with Crippen LogP contribution in [0.1, 0.15) is 53.6 Å². The number of nitrogens with two attached hydrogens (primary N) is 1. The Kier molecular flexibility index (Phi) is 6.09. The molecule has 2 aromatic carbocycles. The minimum absolute atomic E-state index is 0.138. The quantitative estimate of drug-likeness (QED) is 0.612. The van der Waals surface area contributed by atoms with Crippen LogP contribution in [-0.4, -0.2) is 23.2 Å². The van der Waals surface area contributed by atoms with Crippen LogP contribution in [0.3, 0.4) is 0 Å². The minimum Gasteiger partial charge on any atom is -0.438 e. The number of fused-ring (bicyclic) bond motifs is 1. The standard InChI is InChI=1S/C23H23ClF2N2O4/c24-17-11-13(3-7-18(17)25)28-21(30)16-6-8-19(26)20-15(16)9-10-23(20,32-22(27)31)12-1-4-14(29)5-2-12/h3,6-8,11-12,14,29H,1-2,4-5,9-10H2,(H2,27,31)(H,28,30)/t12?,14?,23-/m0/s1. The van der Waals surface area contributed by atoms with Crippen molar-refractivity contribution in [1.82, 2.24) is 0 Å². The summed E-state index contributed by atoms with van der Waals surface area (Å²) in [5, 5.41) is 12.4. The van der Waals surface area contributed by atoms with E-state index in [2.05, 4.69) is 5.32 Å². The Balaban J connectivity index is 1.72. The van der Waals surface area contributed by atoms with Crippen molar-refractivity contribution in [3.05, 3.63) is 63.7 Å². The molecule has 2 amide bonds. The lowest BCUT2D eigenvalue weighted by atomic mass is 9.73. The second-order valence-corrected chi connectivity index (χ2v) is 8.75. The molecule has 2 aromatic rings. The maximum absolute atomic E-state index is 15.2. The summed E-state index contributed by atoms with van der Waals surface area (Å²) in [6.45, 7) is 0. The second kappa shape index (κ2) is 8.67. The Labute approximate surface area is 188 Å². The third kappa shape index (κ3) is 4.04. The van der Waals surface area contributed by atoms with E-state index in [0.717, 1.165) is 6.07 Å². The van der Waals surface area contributed by atoms with E-state index in [0.29, 0.717) is 43.4 Å². The zero-order valence-electron chi connectivity index (χ0n) is 17.2. The Morgan fingerprint density at radius 1 is 1.12 bits per heavy atom. The third-order valence-corrected chi connectivity index (χ3v) is 6.78. The van der Waals surface area contributed by atoms with Crippen LogP contribution in [0.15, 0.2) is 30.3 Å². The van der Waals surface area contributed by atoms with Gasteiger partial charge in [-0.15, -0.1) is 0 Å². The van der Waals surface area contributed by atoms with Crippen molar-refractivity contribution < 1.29 is 28.2 Å². The van der Waals surface area contributed by atoms with E-state index in [1.54, 1.807) is 0 Å². The average Bonchev–Trinajstić information content (AvgIpc) is 3.12. The molecule has 170 valence electrons. The fraction of sp³-hybridized carbons (Fsp3) is 0.391.